The third-order valence-corrected chi connectivity index (χ3v) is 5.57. The molecule has 21 heavy (non-hydrogen) atoms. The lowest BCUT2D eigenvalue weighted by atomic mass is 9.92. The number of nitrogens with one attached hydrogen (secondary N) is 1. The van der Waals surface area contributed by atoms with Crippen molar-refractivity contribution in [1.82, 2.24) is 4.72 Å². The highest BCUT2D eigenvalue weighted by atomic mass is 35.5. The van der Waals surface area contributed by atoms with Crippen LogP contribution in [0.15, 0.2) is 23.1 Å². The predicted octanol–water partition coefficient (Wildman–Crippen LogP) is 1.59. The second-order valence-electron chi connectivity index (χ2n) is 5.13. The van der Waals surface area contributed by atoms with Gasteiger partial charge in [0.15, 0.2) is 0 Å². The second kappa shape index (κ2) is 6.31. The SMILES string of the molecule is NC1CCCCC1NS(=O)(=O)c1cc(C(=O)O)ccc1Cl. The molecule has 1 saturated carbocycles. The van der Waals surface area contributed by atoms with E-state index in [9.17, 15) is 13.2 Å². The third kappa shape index (κ3) is 3.74. The Labute approximate surface area is 128 Å². The van der Waals surface area contributed by atoms with Crippen LogP contribution in [0.5, 0.6) is 0 Å². The maximum Gasteiger partial charge on any atom is 0.335 e. The molecule has 2 rings (SSSR count). The first-order valence-electron chi connectivity index (χ1n) is 6.62. The van der Waals surface area contributed by atoms with E-state index in [2.05, 4.69) is 4.72 Å². The number of benzene rings is 1. The number of carboxylic acids is 1. The molecule has 0 amide bonds. The van der Waals surface area contributed by atoms with E-state index in [4.69, 9.17) is 22.4 Å². The van der Waals surface area contributed by atoms with Crippen molar-refractivity contribution in [2.24, 2.45) is 5.73 Å². The number of rotatable bonds is 4. The third-order valence-electron chi connectivity index (χ3n) is 3.59. The van der Waals surface area contributed by atoms with E-state index in [1.54, 1.807) is 0 Å². The molecule has 1 aliphatic rings. The van der Waals surface area contributed by atoms with Gasteiger partial charge in [-0.15, -0.1) is 0 Å². The molecule has 6 nitrogen and oxygen atoms in total. The largest absolute Gasteiger partial charge is 0.478 e. The first kappa shape index (κ1) is 16.2. The van der Waals surface area contributed by atoms with Gasteiger partial charge in [0.2, 0.25) is 10.0 Å². The van der Waals surface area contributed by atoms with Gasteiger partial charge in [0.25, 0.3) is 0 Å². The molecule has 1 aromatic carbocycles. The van der Waals surface area contributed by atoms with Gasteiger partial charge in [-0.25, -0.2) is 17.9 Å². The number of halogens is 1. The van der Waals surface area contributed by atoms with Gasteiger partial charge >= 0.3 is 5.97 Å². The summed E-state index contributed by atoms with van der Waals surface area (Å²) < 4.78 is 27.3. The Balaban J connectivity index is 2.30. The summed E-state index contributed by atoms with van der Waals surface area (Å²) in [6.07, 6.45) is 3.31. The smallest absolute Gasteiger partial charge is 0.335 e. The van der Waals surface area contributed by atoms with Crippen LogP contribution >= 0.6 is 11.6 Å². The van der Waals surface area contributed by atoms with E-state index in [-0.39, 0.29) is 27.6 Å². The number of hydrogen-bond donors (Lipinski definition) is 3. The van der Waals surface area contributed by atoms with Crippen LogP contribution in [0.1, 0.15) is 36.0 Å². The predicted molar refractivity (Wildman–Crippen MR) is 79.0 cm³/mol. The van der Waals surface area contributed by atoms with Crippen LogP contribution in [0.4, 0.5) is 0 Å². The topological polar surface area (TPSA) is 109 Å². The van der Waals surface area contributed by atoms with Crippen LogP contribution in [0.3, 0.4) is 0 Å². The fourth-order valence-electron chi connectivity index (χ4n) is 2.41. The van der Waals surface area contributed by atoms with Crippen molar-refractivity contribution < 1.29 is 18.3 Å². The van der Waals surface area contributed by atoms with Gasteiger partial charge in [-0.1, -0.05) is 24.4 Å². The standard InChI is InChI=1S/C13H17ClN2O4S/c14-9-6-5-8(13(17)18)7-12(9)21(19,20)16-11-4-2-1-3-10(11)15/h5-7,10-11,16H,1-4,15H2,(H,17,18). The molecule has 0 bridgehead atoms. The minimum Gasteiger partial charge on any atom is -0.478 e. The van der Waals surface area contributed by atoms with E-state index in [1.807, 2.05) is 0 Å². The summed E-state index contributed by atoms with van der Waals surface area (Å²) in [7, 11) is -3.90. The van der Waals surface area contributed by atoms with Crippen molar-refractivity contribution in [2.75, 3.05) is 0 Å². The van der Waals surface area contributed by atoms with E-state index in [1.165, 1.54) is 12.1 Å². The van der Waals surface area contributed by atoms with Crippen LogP contribution in [0.25, 0.3) is 0 Å². The van der Waals surface area contributed by atoms with Crippen molar-refractivity contribution in [1.29, 1.82) is 0 Å². The molecule has 0 heterocycles. The molecule has 0 radical (unpaired) electrons. The van der Waals surface area contributed by atoms with Crippen molar-refractivity contribution in [3.63, 3.8) is 0 Å². The Morgan fingerprint density at radius 1 is 1.33 bits per heavy atom. The highest BCUT2D eigenvalue weighted by molar-refractivity contribution is 7.89. The monoisotopic (exact) mass is 332 g/mol. The minimum atomic E-state index is -3.90. The summed E-state index contributed by atoms with van der Waals surface area (Å²) in [5.41, 5.74) is 5.79. The van der Waals surface area contributed by atoms with Crippen LogP contribution < -0.4 is 10.5 Å². The molecule has 0 spiro atoms. The van der Waals surface area contributed by atoms with Crippen molar-refractivity contribution in [3.05, 3.63) is 28.8 Å². The molecule has 1 aliphatic carbocycles. The maximum atomic E-state index is 12.4. The zero-order valence-corrected chi connectivity index (χ0v) is 12.8. The maximum absolute atomic E-state index is 12.4. The molecule has 2 atom stereocenters. The molecule has 1 fully saturated rings. The number of nitrogens with two attached hydrogens (primary N) is 1. The lowest BCUT2D eigenvalue weighted by Crippen LogP contribution is -2.49. The molecule has 0 aromatic heterocycles. The molecule has 1 aromatic rings. The average Bonchev–Trinajstić information content (AvgIpc) is 2.41. The van der Waals surface area contributed by atoms with Gasteiger partial charge in [-0.2, -0.15) is 0 Å². The number of carbonyl (C=O) groups is 1. The Kier molecular flexibility index (Phi) is 4.88. The molecule has 116 valence electrons. The normalized spacial score (nSPS) is 23.0. The summed E-state index contributed by atoms with van der Waals surface area (Å²) in [5.74, 6) is -1.21. The van der Waals surface area contributed by atoms with Gasteiger partial charge in [-0.3, -0.25) is 0 Å². The minimum absolute atomic E-state index is 0.0168. The highest BCUT2D eigenvalue weighted by Crippen LogP contribution is 2.25. The molecule has 0 aliphatic heterocycles. The Hall–Kier alpha value is -1.15. The summed E-state index contributed by atoms with van der Waals surface area (Å²) in [4.78, 5) is 10.7. The summed E-state index contributed by atoms with van der Waals surface area (Å²) in [5, 5.41) is 8.93. The van der Waals surface area contributed by atoms with Crippen LogP contribution in [-0.4, -0.2) is 31.6 Å². The molecular formula is C13H17ClN2O4S. The zero-order chi connectivity index (χ0) is 15.6. The number of aromatic carboxylic acids is 1. The van der Waals surface area contributed by atoms with Crippen molar-refractivity contribution in [2.45, 2.75) is 42.7 Å². The number of hydrogen-bond acceptors (Lipinski definition) is 4. The average molecular weight is 333 g/mol. The zero-order valence-electron chi connectivity index (χ0n) is 11.3. The Morgan fingerprint density at radius 2 is 2.00 bits per heavy atom. The number of sulfonamides is 1. The first-order valence-corrected chi connectivity index (χ1v) is 8.48. The number of carboxylic acid groups (broad SMARTS) is 1. The van der Waals surface area contributed by atoms with E-state index < -0.39 is 16.0 Å². The summed E-state index contributed by atoms with van der Waals surface area (Å²) >= 11 is 5.90. The molecule has 4 N–H and O–H groups in total. The molecule has 2 unspecified atom stereocenters. The van der Waals surface area contributed by atoms with Crippen molar-refractivity contribution >= 4 is 27.6 Å². The van der Waals surface area contributed by atoms with Gasteiger partial charge in [-0.05, 0) is 31.0 Å². The van der Waals surface area contributed by atoms with E-state index in [0.29, 0.717) is 6.42 Å². The Bertz CT molecular complexity index is 648. The fourth-order valence-corrected chi connectivity index (χ4v) is 4.26. The summed E-state index contributed by atoms with van der Waals surface area (Å²) in [6.45, 7) is 0. The first-order chi connectivity index (χ1) is 9.81. The van der Waals surface area contributed by atoms with Crippen LogP contribution in [-0.2, 0) is 10.0 Å². The fraction of sp³-hybridized carbons (Fsp3) is 0.462. The highest BCUT2D eigenvalue weighted by Gasteiger charge is 2.28. The van der Waals surface area contributed by atoms with Crippen LogP contribution in [0, 0.1) is 0 Å². The van der Waals surface area contributed by atoms with Gasteiger partial charge < -0.3 is 10.8 Å². The Morgan fingerprint density at radius 3 is 2.62 bits per heavy atom. The van der Waals surface area contributed by atoms with Gasteiger partial charge in [0, 0.05) is 12.1 Å². The van der Waals surface area contributed by atoms with Gasteiger partial charge in [0.05, 0.1) is 10.6 Å². The van der Waals surface area contributed by atoms with Crippen LogP contribution in [0.2, 0.25) is 5.02 Å². The quantitative estimate of drug-likeness (QED) is 0.775. The lowest BCUT2D eigenvalue weighted by molar-refractivity contribution is 0.0696. The van der Waals surface area contributed by atoms with E-state index >= 15 is 0 Å². The molecular weight excluding hydrogens is 316 g/mol. The lowest BCUT2D eigenvalue weighted by Gasteiger charge is -2.29. The van der Waals surface area contributed by atoms with Gasteiger partial charge in [0.1, 0.15) is 4.90 Å². The summed E-state index contributed by atoms with van der Waals surface area (Å²) in [6, 6.07) is 2.99. The van der Waals surface area contributed by atoms with E-state index in [0.717, 1.165) is 25.3 Å². The van der Waals surface area contributed by atoms with Crippen molar-refractivity contribution in [3.8, 4) is 0 Å². The molecule has 0 saturated heterocycles. The second-order valence-corrected chi connectivity index (χ2v) is 7.22. The molecule has 8 heteroatoms.